The van der Waals surface area contributed by atoms with Crippen LogP contribution in [0, 0.1) is 0 Å². The minimum Gasteiger partial charge on any atom is -0.494 e. The van der Waals surface area contributed by atoms with Crippen LogP contribution in [0.4, 0.5) is 0 Å². The Morgan fingerprint density at radius 3 is 1.94 bits per heavy atom. The lowest BCUT2D eigenvalue weighted by Gasteiger charge is -2.33. The van der Waals surface area contributed by atoms with Crippen molar-refractivity contribution in [1.82, 2.24) is 0 Å². The van der Waals surface area contributed by atoms with E-state index in [2.05, 4.69) is 98.8 Å². The fourth-order valence-electron chi connectivity index (χ4n) is 4.06. The van der Waals surface area contributed by atoms with Crippen molar-refractivity contribution in [2.75, 3.05) is 13.2 Å². The van der Waals surface area contributed by atoms with Crippen molar-refractivity contribution in [3.05, 3.63) is 108 Å². The highest BCUT2D eigenvalue weighted by Crippen LogP contribution is 2.38. The van der Waals surface area contributed by atoms with Crippen LogP contribution in [0.15, 0.2) is 97.1 Å². The van der Waals surface area contributed by atoms with E-state index >= 15 is 0 Å². The number of hydrogen-bond acceptors (Lipinski definition) is 2. The van der Waals surface area contributed by atoms with Crippen LogP contribution in [0.3, 0.4) is 0 Å². The summed E-state index contributed by atoms with van der Waals surface area (Å²) in [4.78, 5) is 0. The van der Waals surface area contributed by atoms with Crippen LogP contribution in [-0.2, 0) is 10.3 Å². The maximum Gasteiger partial charge on any atom is 0.119 e. The first-order valence-corrected chi connectivity index (χ1v) is 11.7. The number of benzene rings is 3. The second kappa shape index (κ2) is 10.5. The van der Waals surface area contributed by atoms with E-state index in [1.54, 1.807) is 0 Å². The Morgan fingerprint density at radius 2 is 1.34 bits per heavy atom. The quantitative estimate of drug-likeness (QED) is 0.349. The molecule has 164 valence electrons. The van der Waals surface area contributed by atoms with Crippen LogP contribution in [0.1, 0.15) is 44.2 Å². The first-order chi connectivity index (χ1) is 15.7. The van der Waals surface area contributed by atoms with Crippen LogP contribution in [0.5, 0.6) is 5.75 Å². The molecule has 1 aliphatic carbocycles. The number of ether oxygens (including phenoxy) is 2. The largest absolute Gasteiger partial charge is 0.494 e. The third-order valence-corrected chi connectivity index (χ3v) is 5.86. The molecule has 0 spiro atoms. The molecule has 0 saturated carbocycles. The average molecular weight is 425 g/mol. The molecule has 0 amide bonds. The maximum atomic E-state index is 6.36. The molecule has 4 rings (SSSR count). The molecule has 0 radical (unpaired) electrons. The summed E-state index contributed by atoms with van der Waals surface area (Å²) in [5, 5.41) is 0. The summed E-state index contributed by atoms with van der Waals surface area (Å²) in [5.74, 6) is 0.928. The van der Waals surface area contributed by atoms with Gasteiger partial charge in [0.15, 0.2) is 0 Å². The van der Waals surface area contributed by atoms with Crippen molar-refractivity contribution in [1.29, 1.82) is 0 Å². The molecular weight excluding hydrogens is 392 g/mol. The molecule has 0 aromatic heterocycles. The molecule has 1 unspecified atom stereocenters. The van der Waals surface area contributed by atoms with Gasteiger partial charge in [-0.05, 0) is 58.9 Å². The van der Waals surface area contributed by atoms with E-state index in [1.807, 2.05) is 12.1 Å². The summed E-state index contributed by atoms with van der Waals surface area (Å²) in [7, 11) is 0. The Balaban J connectivity index is 1.49. The molecule has 0 aliphatic heterocycles. The highest BCUT2D eigenvalue weighted by Gasteiger charge is 2.31. The van der Waals surface area contributed by atoms with Crippen LogP contribution in [0.2, 0.25) is 0 Å². The monoisotopic (exact) mass is 424 g/mol. The molecule has 0 fully saturated rings. The SMILES string of the molecule is CCCOc1ccc(-c2ccc(C3=CCC(OCCC)(c4ccccc4)C=C3)cc2)cc1. The fraction of sp³-hybridized carbons (Fsp3) is 0.267. The fourth-order valence-corrected chi connectivity index (χ4v) is 4.06. The Kier molecular flexibility index (Phi) is 7.24. The third-order valence-electron chi connectivity index (χ3n) is 5.86. The van der Waals surface area contributed by atoms with E-state index in [4.69, 9.17) is 9.47 Å². The smallest absolute Gasteiger partial charge is 0.119 e. The Bertz CT molecular complexity index is 1050. The van der Waals surface area contributed by atoms with Gasteiger partial charge in [-0.15, -0.1) is 0 Å². The Morgan fingerprint density at radius 1 is 0.719 bits per heavy atom. The van der Waals surface area contributed by atoms with Gasteiger partial charge in [-0.1, -0.05) is 92.7 Å². The van der Waals surface area contributed by atoms with Gasteiger partial charge in [0, 0.05) is 13.0 Å². The molecule has 0 N–H and O–H groups in total. The maximum absolute atomic E-state index is 6.36. The first kappa shape index (κ1) is 22.1. The molecule has 2 nitrogen and oxygen atoms in total. The number of rotatable bonds is 9. The molecule has 1 atom stereocenters. The van der Waals surface area contributed by atoms with E-state index in [-0.39, 0.29) is 5.60 Å². The normalized spacial score (nSPS) is 17.8. The average Bonchev–Trinajstić information content (AvgIpc) is 2.87. The highest BCUT2D eigenvalue weighted by atomic mass is 16.5. The summed E-state index contributed by atoms with van der Waals surface area (Å²) in [6.07, 6.45) is 9.61. The summed E-state index contributed by atoms with van der Waals surface area (Å²) in [6, 6.07) is 27.7. The van der Waals surface area contributed by atoms with Crippen molar-refractivity contribution in [2.45, 2.75) is 38.7 Å². The highest BCUT2D eigenvalue weighted by molar-refractivity contribution is 5.77. The number of allylic oxidation sites excluding steroid dienone is 2. The Hall–Kier alpha value is -3.10. The molecule has 0 bridgehead atoms. The van der Waals surface area contributed by atoms with E-state index in [9.17, 15) is 0 Å². The van der Waals surface area contributed by atoms with Gasteiger partial charge >= 0.3 is 0 Å². The van der Waals surface area contributed by atoms with Crippen molar-refractivity contribution >= 4 is 5.57 Å². The van der Waals surface area contributed by atoms with Gasteiger partial charge in [0.05, 0.1) is 6.61 Å². The predicted molar refractivity (Wildman–Crippen MR) is 134 cm³/mol. The molecule has 2 heteroatoms. The Labute approximate surface area is 192 Å². The van der Waals surface area contributed by atoms with E-state index < -0.39 is 0 Å². The van der Waals surface area contributed by atoms with Gasteiger partial charge in [-0.3, -0.25) is 0 Å². The number of hydrogen-bond donors (Lipinski definition) is 0. The minimum atomic E-state index is -0.373. The molecule has 1 aliphatic rings. The van der Waals surface area contributed by atoms with Gasteiger partial charge in [0.25, 0.3) is 0 Å². The second-order valence-corrected chi connectivity index (χ2v) is 8.25. The molecule has 32 heavy (non-hydrogen) atoms. The second-order valence-electron chi connectivity index (χ2n) is 8.25. The first-order valence-electron chi connectivity index (χ1n) is 11.7. The summed E-state index contributed by atoms with van der Waals surface area (Å²) < 4.78 is 12.1. The van der Waals surface area contributed by atoms with E-state index in [1.165, 1.54) is 27.8 Å². The molecule has 0 saturated heterocycles. The summed E-state index contributed by atoms with van der Waals surface area (Å²) in [6.45, 7) is 5.78. The predicted octanol–water partition coefficient (Wildman–Crippen LogP) is 7.81. The lowest BCUT2D eigenvalue weighted by atomic mass is 9.83. The zero-order chi connectivity index (χ0) is 22.2. The van der Waals surface area contributed by atoms with E-state index in [0.717, 1.165) is 38.2 Å². The molecule has 0 heterocycles. The van der Waals surface area contributed by atoms with Gasteiger partial charge in [-0.2, -0.15) is 0 Å². The summed E-state index contributed by atoms with van der Waals surface area (Å²) in [5.41, 5.74) is 5.71. The van der Waals surface area contributed by atoms with Crippen molar-refractivity contribution in [2.24, 2.45) is 0 Å². The minimum absolute atomic E-state index is 0.373. The molecular formula is C30H32O2. The zero-order valence-corrected chi connectivity index (χ0v) is 19.1. The summed E-state index contributed by atoms with van der Waals surface area (Å²) >= 11 is 0. The van der Waals surface area contributed by atoms with Crippen molar-refractivity contribution < 1.29 is 9.47 Å². The van der Waals surface area contributed by atoms with Gasteiger partial charge in [-0.25, -0.2) is 0 Å². The van der Waals surface area contributed by atoms with Crippen LogP contribution in [0.25, 0.3) is 16.7 Å². The molecule has 3 aromatic rings. The standard InChI is InChI=1S/C30H32O2/c1-3-22-31-29-16-14-26(15-17-29)24-10-12-25(13-11-24)27-18-20-30(21-19-27,32-23-4-2)28-8-6-5-7-9-28/h5-20H,3-4,21-23H2,1-2H3. The lowest BCUT2D eigenvalue weighted by Crippen LogP contribution is -2.28. The topological polar surface area (TPSA) is 18.5 Å². The van der Waals surface area contributed by atoms with Crippen LogP contribution < -0.4 is 4.74 Å². The zero-order valence-electron chi connectivity index (χ0n) is 19.1. The third kappa shape index (κ3) is 5.03. The van der Waals surface area contributed by atoms with E-state index in [0.29, 0.717) is 0 Å². The van der Waals surface area contributed by atoms with Crippen LogP contribution >= 0.6 is 0 Å². The van der Waals surface area contributed by atoms with Crippen molar-refractivity contribution in [3.63, 3.8) is 0 Å². The van der Waals surface area contributed by atoms with Gasteiger partial charge in [0.1, 0.15) is 11.4 Å². The molecule has 3 aromatic carbocycles. The lowest BCUT2D eigenvalue weighted by molar-refractivity contribution is -0.0106. The van der Waals surface area contributed by atoms with Gasteiger partial charge in [0.2, 0.25) is 0 Å². The van der Waals surface area contributed by atoms with Crippen molar-refractivity contribution in [3.8, 4) is 16.9 Å². The van der Waals surface area contributed by atoms with Crippen LogP contribution in [-0.4, -0.2) is 13.2 Å². The van der Waals surface area contributed by atoms with Gasteiger partial charge < -0.3 is 9.47 Å².